The summed E-state index contributed by atoms with van der Waals surface area (Å²) in [5, 5.41) is 0. The minimum atomic E-state index is 0. The normalized spacial score (nSPS) is 10.1. The van der Waals surface area contributed by atoms with E-state index in [1.165, 1.54) is 64.2 Å². The van der Waals surface area contributed by atoms with E-state index >= 15 is 0 Å². The predicted molar refractivity (Wildman–Crippen MR) is 69.7 cm³/mol. The fourth-order valence-electron chi connectivity index (χ4n) is 1.77. The second-order valence-electron chi connectivity index (χ2n) is 3.54. The summed E-state index contributed by atoms with van der Waals surface area (Å²) in [6.07, 6.45) is 15.0. The molecule has 0 bridgehead atoms. The zero-order chi connectivity index (χ0) is 19.1. The van der Waals surface area contributed by atoms with E-state index < -0.39 is 0 Å². The second-order valence-corrected chi connectivity index (χ2v) is 3.54. The van der Waals surface area contributed by atoms with Crippen molar-refractivity contribution in [2.75, 3.05) is 0 Å². The average Bonchev–Trinajstić information content (AvgIpc) is 3.43. The van der Waals surface area contributed by atoms with Gasteiger partial charge in [0.05, 0.1) is 0 Å². The van der Waals surface area contributed by atoms with Crippen LogP contribution in [-0.2, 0) is 90.3 Å². The van der Waals surface area contributed by atoms with E-state index in [2.05, 4.69) is 39.9 Å². The van der Waals surface area contributed by atoms with Gasteiger partial charge < -0.3 is 0 Å². The van der Waals surface area contributed by atoms with Crippen LogP contribution in [0.15, 0.2) is 0 Å². The van der Waals surface area contributed by atoms with Crippen LogP contribution in [0.25, 0.3) is 0 Å². The van der Waals surface area contributed by atoms with E-state index in [4.69, 9.17) is 27.9 Å². The molecule has 0 aliphatic heterocycles. The van der Waals surface area contributed by atoms with Crippen molar-refractivity contribution in [3.8, 4) is 0 Å². The molecule has 0 aromatic carbocycles. The first-order valence-corrected chi connectivity index (χ1v) is 6.22. The van der Waals surface area contributed by atoms with Gasteiger partial charge in [-0.3, -0.25) is 0 Å². The van der Waals surface area contributed by atoms with Gasteiger partial charge in [-0.25, -0.2) is 0 Å². The largest absolute Gasteiger partial charge is 0 e. The van der Waals surface area contributed by atoms with E-state index in [0.717, 1.165) is 0 Å². The first-order valence-electron chi connectivity index (χ1n) is 6.22. The van der Waals surface area contributed by atoms with Crippen molar-refractivity contribution in [2.24, 2.45) is 0 Å². The molecule has 0 aromatic rings. The Bertz CT molecular complexity index is 196. The molecule has 2 saturated carbocycles. The van der Waals surface area contributed by atoms with Crippen molar-refractivity contribution in [3.05, 3.63) is 39.9 Å². The van der Waals surface area contributed by atoms with E-state index in [9.17, 15) is 0 Å². The van der Waals surface area contributed by atoms with Crippen LogP contribution in [0, 0.1) is 39.9 Å². The molecule has 0 aromatic heterocycles. The molecular formula is C16H20Cr2HgO6. The molecular weight excluding hydrogens is 593 g/mol. The molecule has 0 heterocycles. The third-order valence-corrected chi connectivity index (χ3v) is 2.50. The Kier molecular flexibility index (Phi) is 277. The summed E-state index contributed by atoms with van der Waals surface area (Å²) >= 11 is 0. The van der Waals surface area contributed by atoms with Crippen LogP contribution in [0.4, 0.5) is 0 Å². The van der Waals surface area contributed by atoms with Gasteiger partial charge in [-0.15, -0.1) is 0 Å². The SMILES string of the molecule is C1CCCC1.C1CCCC1.[C-]#[O+].[C-]#[O+].[C-]#[O+].[C-]#[O+].[C-]#[O+].[C-]#[O+].[Cr].[Cr].[Hg]. The summed E-state index contributed by atoms with van der Waals surface area (Å²) < 4.78 is 45.0. The van der Waals surface area contributed by atoms with Crippen LogP contribution in [0.3, 0.4) is 0 Å². The van der Waals surface area contributed by atoms with Crippen LogP contribution >= 0.6 is 0 Å². The van der Waals surface area contributed by atoms with Crippen molar-refractivity contribution < 1.29 is 90.3 Å². The summed E-state index contributed by atoms with van der Waals surface area (Å²) in [5.74, 6) is 0. The van der Waals surface area contributed by atoms with Crippen molar-refractivity contribution >= 4 is 0 Å². The molecule has 2 rings (SSSR count). The maximum absolute atomic E-state index is 7.50. The molecule has 134 valence electrons. The molecule has 9 heteroatoms. The summed E-state index contributed by atoms with van der Waals surface area (Å²) in [7, 11) is 0. The standard InChI is InChI=1S/2C5H10.6CO.2Cr.Hg/c2*1-2-4-5-3-1;6*1-2;;;/h2*1-5H2;;;;;;;;;. The summed E-state index contributed by atoms with van der Waals surface area (Å²) in [6.45, 7) is 27.0. The van der Waals surface area contributed by atoms with E-state index in [-0.39, 0.29) is 62.4 Å². The van der Waals surface area contributed by atoms with Gasteiger partial charge in [-0.2, -0.15) is 0 Å². The summed E-state index contributed by atoms with van der Waals surface area (Å²) in [4.78, 5) is 0. The molecule has 0 spiro atoms. The molecule has 2 fully saturated rings. The van der Waals surface area contributed by atoms with E-state index in [1.807, 2.05) is 0 Å². The Morgan fingerprint density at radius 2 is 0.320 bits per heavy atom. The van der Waals surface area contributed by atoms with Crippen LogP contribution in [0.1, 0.15) is 64.2 Å². The minimum Gasteiger partial charge on any atom is 0 e. The quantitative estimate of drug-likeness (QED) is 0.225. The molecule has 6 nitrogen and oxygen atoms in total. The first kappa shape index (κ1) is 56.2. The summed E-state index contributed by atoms with van der Waals surface area (Å²) in [6, 6.07) is 0. The van der Waals surface area contributed by atoms with E-state index in [0.29, 0.717) is 0 Å². The first-order chi connectivity index (χ1) is 11.0. The Morgan fingerprint density at radius 3 is 0.360 bits per heavy atom. The Morgan fingerprint density at radius 1 is 0.280 bits per heavy atom. The zero-order valence-electron chi connectivity index (χ0n) is 14.0. The monoisotopic (exact) mass is 614 g/mol. The van der Waals surface area contributed by atoms with Crippen molar-refractivity contribution in [3.63, 3.8) is 0 Å². The number of hydrogen-bond donors (Lipinski definition) is 0. The fourth-order valence-corrected chi connectivity index (χ4v) is 1.77. The third kappa shape index (κ3) is 113. The number of hydrogen-bond acceptors (Lipinski definition) is 0. The van der Waals surface area contributed by atoms with Gasteiger partial charge in [-0.1, -0.05) is 64.2 Å². The maximum Gasteiger partial charge on any atom is 0 e. The Labute approximate surface area is 193 Å². The zero-order valence-corrected chi connectivity index (χ0v) is 22.1. The Hall–Kier alpha value is 0.440. The van der Waals surface area contributed by atoms with Gasteiger partial charge in [0.25, 0.3) is 0 Å². The molecule has 2 aliphatic carbocycles. The van der Waals surface area contributed by atoms with Gasteiger partial charge in [0, 0.05) is 62.4 Å². The molecule has 0 amide bonds. The van der Waals surface area contributed by atoms with Crippen LogP contribution in [-0.4, -0.2) is 0 Å². The predicted octanol–water partition coefficient (Wildman–Crippen LogP) is 3.67. The molecule has 0 unspecified atom stereocenters. The van der Waals surface area contributed by atoms with Crippen LogP contribution in [0.5, 0.6) is 0 Å². The van der Waals surface area contributed by atoms with E-state index in [1.54, 1.807) is 0 Å². The fraction of sp³-hybridized carbons (Fsp3) is 0.625. The number of rotatable bonds is 0. The molecule has 2 aliphatic rings. The van der Waals surface area contributed by atoms with Crippen LogP contribution in [0.2, 0.25) is 0 Å². The van der Waals surface area contributed by atoms with Gasteiger partial charge >= 0.3 is 67.8 Å². The van der Waals surface area contributed by atoms with Crippen molar-refractivity contribution in [1.29, 1.82) is 0 Å². The average molecular weight is 613 g/mol. The van der Waals surface area contributed by atoms with Gasteiger partial charge in [0.15, 0.2) is 0 Å². The van der Waals surface area contributed by atoms with Crippen molar-refractivity contribution in [2.45, 2.75) is 64.2 Å². The molecule has 0 atom stereocenters. The van der Waals surface area contributed by atoms with Gasteiger partial charge in [0.2, 0.25) is 0 Å². The molecule has 0 radical (unpaired) electrons. The second kappa shape index (κ2) is 123. The third-order valence-electron chi connectivity index (χ3n) is 2.50. The molecule has 0 N–H and O–H groups in total. The molecule has 0 saturated heterocycles. The topological polar surface area (TPSA) is 119 Å². The van der Waals surface area contributed by atoms with Crippen molar-refractivity contribution in [1.82, 2.24) is 0 Å². The van der Waals surface area contributed by atoms with Gasteiger partial charge in [0.1, 0.15) is 0 Å². The smallest absolute Gasteiger partial charge is 0 e. The summed E-state index contributed by atoms with van der Waals surface area (Å²) in [5.41, 5.74) is 0. The van der Waals surface area contributed by atoms with Crippen LogP contribution < -0.4 is 0 Å². The molecule has 25 heavy (non-hydrogen) atoms. The van der Waals surface area contributed by atoms with Gasteiger partial charge in [-0.05, 0) is 0 Å². The Balaban J connectivity index is -0.0000000174. The maximum atomic E-state index is 7.50. The minimum absolute atomic E-state index is 0.